The van der Waals surface area contributed by atoms with Crippen molar-refractivity contribution in [3.8, 4) is 0 Å². The Kier molecular flexibility index (Phi) is 2.81. The minimum Gasteiger partial charge on any atom is -0.353 e. The second-order valence-corrected chi connectivity index (χ2v) is 8.14. The maximum absolute atomic E-state index is 13.0. The lowest BCUT2D eigenvalue weighted by Crippen LogP contribution is -2.12. The normalized spacial score (nSPS) is 18.5. The second-order valence-electron chi connectivity index (χ2n) is 8.14. The van der Waals surface area contributed by atoms with Gasteiger partial charge < -0.3 is 14.9 Å². The average molecular weight is 377 g/mol. The third-order valence-corrected chi connectivity index (χ3v) is 6.68. The van der Waals surface area contributed by atoms with Crippen molar-refractivity contribution in [1.29, 1.82) is 0 Å². The number of carbonyl (C=O) groups is 1. The molecule has 4 heteroatoms. The number of fused-ring (bicyclic) bond motifs is 10. The number of amides is 1. The van der Waals surface area contributed by atoms with Gasteiger partial charge in [-0.15, -0.1) is 0 Å². The van der Waals surface area contributed by atoms with Crippen LogP contribution in [0.2, 0.25) is 0 Å². The van der Waals surface area contributed by atoms with Crippen molar-refractivity contribution in [3.63, 3.8) is 0 Å². The number of nitrogens with zero attached hydrogens (tertiary/aromatic N) is 1. The monoisotopic (exact) mass is 377 g/mol. The molecule has 1 atom stereocenters. The molecule has 5 aromatic rings. The number of aromatic amines is 1. The quantitative estimate of drug-likeness (QED) is 0.369. The number of benzene rings is 3. The minimum absolute atomic E-state index is 0.0436. The van der Waals surface area contributed by atoms with Crippen LogP contribution in [0.15, 0.2) is 60.7 Å². The highest BCUT2D eigenvalue weighted by molar-refractivity contribution is 6.30. The van der Waals surface area contributed by atoms with E-state index in [1.165, 1.54) is 16.3 Å². The van der Waals surface area contributed by atoms with E-state index in [0.717, 1.165) is 51.3 Å². The molecule has 0 fully saturated rings. The largest absolute Gasteiger partial charge is 0.353 e. The molecule has 2 aliphatic rings. The molecule has 1 aliphatic carbocycles. The summed E-state index contributed by atoms with van der Waals surface area (Å²) in [6.45, 7) is 0.589. The molecular weight excluding hydrogens is 358 g/mol. The van der Waals surface area contributed by atoms with Crippen LogP contribution >= 0.6 is 0 Å². The average Bonchev–Trinajstić information content (AvgIpc) is 3.51. The van der Waals surface area contributed by atoms with Crippen LogP contribution in [0.5, 0.6) is 0 Å². The van der Waals surface area contributed by atoms with E-state index in [2.05, 4.69) is 75.6 Å². The number of carbonyl (C=O) groups excluding carboxylic acids is 1. The molecule has 140 valence electrons. The van der Waals surface area contributed by atoms with Gasteiger partial charge in [0.1, 0.15) is 0 Å². The maximum Gasteiger partial charge on any atom is 0.252 e. The number of H-pyrrole nitrogens is 1. The lowest BCUT2D eigenvalue weighted by atomic mass is 9.97. The van der Waals surface area contributed by atoms with E-state index in [1.54, 1.807) is 0 Å². The van der Waals surface area contributed by atoms with E-state index in [1.807, 2.05) is 0 Å². The number of hydrogen-bond acceptors (Lipinski definition) is 1. The van der Waals surface area contributed by atoms with Crippen LogP contribution in [-0.2, 0) is 6.54 Å². The molecule has 3 heterocycles. The highest BCUT2D eigenvalue weighted by Crippen LogP contribution is 2.45. The summed E-state index contributed by atoms with van der Waals surface area (Å²) in [5.41, 5.74) is 6.61. The summed E-state index contributed by atoms with van der Waals surface area (Å²) < 4.78 is 2.46. The van der Waals surface area contributed by atoms with Crippen molar-refractivity contribution in [2.24, 2.45) is 0 Å². The third-order valence-electron chi connectivity index (χ3n) is 6.68. The Morgan fingerprint density at radius 1 is 0.966 bits per heavy atom. The molecule has 2 N–H and O–H groups in total. The maximum atomic E-state index is 13.0. The molecule has 29 heavy (non-hydrogen) atoms. The van der Waals surface area contributed by atoms with Crippen LogP contribution in [0, 0.1) is 0 Å². The Balaban J connectivity index is 1.83. The zero-order chi connectivity index (χ0) is 19.1. The molecule has 3 aromatic carbocycles. The van der Waals surface area contributed by atoms with Crippen molar-refractivity contribution < 1.29 is 4.79 Å². The molecule has 1 aliphatic heterocycles. The number of hydrogen-bond donors (Lipinski definition) is 2. The molecule has 0 unspecified atom stereocenters. The summed E-state index contributed by atoms with van der Waals surface area (Å²) in [7, 11) is 0. The minimum atomic E-state index is 0.0436. The zero-order valence-electron chi connectivity index (χ0n) is 15.8. The van der Waals surface area contributed by atoms with Crippen molar-refractivity contribution >= 4 is 49.5 Å². The highest BCUT2D eigenvalue weighted by atomic mass is 16.1. The Hall–Kier alpha value is -3.53. The fourth-order valence-electron chi connectivity index (χ4n) is 5.53. The van der Waals surface area contributed by atoms with Crippen molar-refractivity contribution in [2.75, 3.05) is 0 Å². The highest BCUT2D eigenvalue weighted by Gasteiger charge is 2.31. The smallest absolute Gasteiger partial charge is 0.252 e. The van der Waals surface area contributed by atoms with Gasteiger partial charge in [-0.25, -0.2) is 0 Å². The first-order valence-corrected chi connectivity index (χ1v) is 10.3. The van der Waals surface area contributed by atoms with Gasteiger partial charge in [0.2, 0.25) is 0 Å². The number of para-hydroxylation sites is 2. The van der Waals surface area contributed by atoms with Gasteiger partial charge in [0.05, 0.1) is 22.6 Å². The lowest BCUT2D eigenvalue weighted by Gasteiger charge is -2.15. The molecule has 0 bridgehead atoms. The number of allylic oxidation sites excluding steroid dienone is 2. The van der Waals surface area contributed by atoms with Crippen LogP contribution in [0.25, 0.3) is 43.6 Å². The fraction of sp³-hybridized carbons (Fsp3) is 0.160. The van der Waals surface area contributed by atoms with Gasteiger partial charge in [0, 0.05) is 39.1 Å². The first-order chi connectivity index (χ1) is 14.3. The van der Waals surface area contributed by atoms with Crippen molar-refractivity contribution in [1.82, 2.24) is 14.9 Å². The van der Waals surface area contributed by atoms with Gasteiger partial charge >= 0.3 is 0 Å². The number of nitrogens with one attached hydrogen (secondary N) is 2. The van der Waals surface area contributed by atoms with Crippen LogP contribution in [-0.4, -0.2) is 15.5 Å². The van der Waals surface area contributed by atoms with Crippen LogP contribution in [0.4, 0.5) is 0 Å². The topological polar surface area (TPSA) is 49.8 Å². The lowest BCUT2D eigenvalue weighted by molar-refractivity contribution is 0.0967. The molecule has 0 spiro atoms. The predicted octanol–water partition coefficient (Wildman–Crippen LogP) is 5.56. The molecule has 1 amide bonds. The van der Waals surface area contributed by atoms with Gasteiger partial charge in [-0.2, -0.15) is 0 Å². The summed E-state index contributed by atoms with van der Waals surface area (Å²) in [5, 5.41) is 7.72. The standard InChI is InChI=1S/C25H19N3O/c29-25-22-17(13-26-25)20-15-9-3-5-11-18(15)27-23(20)24-21(22)16-10-4-6-12-19(16)28(24)14-7-1-2-8-14/h1,3-7,9-12,14,27H,2,8,13H2,(H,26,29)/t14-/m1/s1. The molecule has 0 saturated heterocycles. The SMILES string of the molecule is O=C1NCc2c1c1c3ccccc3n([C@@H]3C=CCC3)c1c1[nH]c3ccccc3c21. The summed E-state index contributed by atoms with van der Waals surface area (Å²) in [6, 6.07) is 17.3. The second kappa shape index (κ2) is 5.29. The Labute approximate surface area is 166 Å². The molecule has 7 rings (SSSR count). The summed E-state index contributed by atoms with van der Waals surface area (Å²) in [4.78, 5) is 16.7. The van der Waals surface area contributed by atoms with E-state index in [0.29, 0.717) is 12.6 Å². The van der Waals surface area contributed by atoms with Crippen LogP contribution in [0.1, 0.15) is 34.8 Å². The third kappa shape index (κ3) is 1.82. The number of rotatable bonds is 1. The predicted molar refractivity (Wildman–Crippen MR) is 117 cm³/mol. The molecule has 0 saturated carbocycles. The first kappa shape index (κ1) is 15.4. The van der Waals surface area contributed by atoms with Crippen molar-refractivity contribution in [3.05, 3.63) is 71.8 Å². The van der Waals surface area contributed by atoms with Gasteiger partial charge in [-0.05, 0) is 30.5 Å². The summed E-state index contributed by atoms with van der Waals surface area (Å²) in [5.74, 6) is 0.0436. The van der Waals surface area contributed by atoms with Gasteiger partial charge in [0.25, 0.3) is 5.91 Å². The van der Waals surface area contributed by atoms with E-state index >= 15 is 0 Å². The van der Waals surface area contributed by atoms with Crippen molar-refractivity contribution in [2.45, 2.75) is 25.4 Å². The number of aromatic nitrogens is 2. The van der Waals surface area contributed by atoms with E-state index in [-0.39, 0.29) is 5.91 Å². The van der Waals surface area contributed by atoms with E-state index in [4.69, 9.17) is 0 Å². The van der Waals surface area contributed by atoms with Crippen LogP contribution in [0.3, 0.4) is 0 Å². The Morgan fingerprint density at radius 3 is 2.66 bits per heavy atom. The molecule has 2 aromatic heterocycles. The molecular formula is C25H19N3O. The Bertz CT molecular complexity index is 1530. The molecule has 0 radical (unpaired) electrons. The van der Waals surface area contributed by atoms with Gasteiger partial charge in [-0.3, -0.25) is 4.79 Å². The van der Waals surface area contributed by atoms with Gasteiger partial charge in [0.15, 0.2) is 0 Å². The summed E-state index contributed by atoms with van der Waals surface area (Å²) >= 11 is 0. The van der Waals surface area contributed by atoms with E-state index in [9.17, 15) is 4.79 Å². The Morgan fingerprint density at radius 2 is 1.79 bits per heavy atom. The summed E-state index contributed by atoms with van der Waals surface area (Å²) in [6.07, 6.45) is 6.78. The van der Waals surface area contributed by atoms with E-state index < -0.39 is 0 Å². The van der Waals surface area contributed by atoms with Crippen LogP contribution < -0.4 is 5.32 Å². The van der Waals surface area contributed by atoms with Gasteiger partial charge in [-0.1, -0.05) is 48.6 Å². The molecule has 4 nitrogen and oxygen atoms in total. The first-order valence-electron chi connectivity index (χ1n) is 10.3. The fourth-order valence-corrected chi connectivity index (χ4v) is 5.53. The zero-order valence-corrected chi connectivity index (χ0v) is 15.8.